The van der Waals surface area contributed by atoms with Gasteiger partial charge in [-0.05, 0) is 29.5 Å². The summed E-state index contributed by atoms with van der Waals surface area (Å²) in [5.41, 5.74) is 1.70. The number of aryl methyl sites for hydroxylation is 1. The van der Waals surface area contributed by atoms with Gasteiger partial charge in [-0.15, -0.1) is 11.3 Å². The van der Waals surface area contributed by atoms with Crippen molar-refractivity contribution < 1.29 is 13.5 Å². The van der Waals surface area contributed by atoms with E-state index < -0.39 is 16.1 Å². The third-order valence-corrected chi connectivity index (χ3v) is 5.34. The van der Waals surface area contributed by atoms with Crippen LogP contribution in [-0.4, -0.2) is 20.1 Å². The van der Waals surface area contributed by atoms with E-state index in [1.54, 1.807) is 24.3 Å². The zero-order valence-electron chi connectivity index (χ0n) is 11.1. The minimum atomic E-state index is -3.44. The van der Waals surface area contributed by atoms with Crippen molar-refractivity contribution in [3.05, 3.63) is 57.8 Å². The molecule has 1 unspecified atom stereocenters. The van der Waals surface area contributed by atoms with Crippen molar-refractivity contribution >= 4 is 21.4 Å². The Kier molecular flexibility index (Phi) is 4.93. The van der Waals surface area contributed by atoms with Crippen molar-refractivity contribution in [3.8, 4) is 0 Å². The highest BCUT2D eigenvalue weighted by Crippen LogP contribution is 2.23. The smallest absolute Gasteiger partial charge is 0.215 e. The van der Waals surface area contributed by atoms with Gasteiger partial charge in [0.25, 0.3) is 0 Å². The van der Waals surface area contributed by atoms with Crippen LogP contribution in [0.5, 0.6) is 0 Å². The van der Waals surface area contributed by atoms with Crippen LogP contribution >= 0.6 is 11.3 Å². The number of benzene rings is 1. The highest BCUT2D eigenvalue weighted by atomic mass is 32.2. The highest BCUT2D eigenvalue weighted by molar-refractivity contribution is 7.88. The fourth-order valence-corrected chi connectivity index (χ4v) is 3.93. The molecular formula is C14H17NO3S2. The third kappa shape index (κ3) is 4.14. The van der Waals surface area contributed by atoms with Crippen LogP contribution in [-0.2, 0) is 15.8 Å². The number of sulfonamides is 1. The van der Waals surface area contributed by atoms with E-state index in [1.165, 1.54) is 11.3 Å². The molecule has 1 aromatic carbocycles. The lowest BCUT2D eigenvalue weighted by Gasteiger charge is -2.12. The molecule has 2 rings (SSSR count). The number of hydrogen-bond acceptors (Lipinski definition) is 4. The van der Waals surface area contributed by atoms with Gasteiger partial charge in [0.05, 0.1) is 5.75 Å². The Labute approximate surface area is 123 Å². The van der Waals surface area contributed by atoms with E-state index in [9.17, 15) is 13.5 Å². The van der Waals surface area contributed by atoms with Crippen molar-refractivity contribution in [3.63, 3.8) is 0 Å². The van der Waals surface area contributed by atoms with E-state index in [1.807, 2.05) is 24.4 Å². The van der Waals surface area contributed by atoms with Crippen LogP contribution in [0.1, 0.15) is 22.1 Å². The summed E-state index contributed by atoms with van der Waals surface area (Å²) in [7, 11) is -3.44. The van der Waals surface area contributed by atoms with Crippen LogP contribution in [0.2, 0.25) is 0 Å². The minimum absolute atomic E-state index is 0.00345. The maximum Gasteiger partial charge on any atom is 0.215 e. The second-order valence-electron chi connectivity index (χ2n) is 4.58. The SMILES string of the molecule is Cc1ccsc1C(O)CNS(=O)(=O)Cc1ccccc1. The molecule has 1 heterocycles. The summed E-state index contributed by atoms with van der Waals surface area (Å²) < 4.78 is 26.3. The van der Waals surface area contributed by atoms with Crippen molar-refractivity contribution in [1.29, 1.82) is 0 Å². The van der Waals surface area contributed by atoms with Gasteiger partial charge in [0.1, 0.15) is 6.10 Å². The Morgan fingerprint density at radius 1 is 1.25 bits per heavy atom. The monoisotopic (exact) mass is 311 g/mol. The molecule has 0 aliphatic carbocycles. The van der Waals surface area contributed by atoms with E-state index >= 15 is 0 Å². The van der Waals surface area contributed by atoms with Gasteiger partial charge >= 0.3 is 0 Å². The number of rotatable bonds is 6. The van der Waals surface area contributed by atoms with E-state index in [4.69, 9.17) is 0 Å². The number of thiophene rings is 1. The van der Waals surface area contributed by atoms with Gasteiger partial charge in [0.2, 0.25) is 10.0 Å². The van der Waals surface area contributed by atoms with E-state index in [0.29, 0.717) is 0 Å². The normalized spacial score (nSPS) is 13.3. The van der Waals surface area contributed by atoms with Crippen LogP contribution in [0.15, 0.2) is 41.8 Å². The van der Waals surface area contributed by atoms with Crippen LogP contribution in [0, 0.1) is 6.92 Å². The molecule has 2 aromatic rings. The zero-order valence-corrected chi connectivity index (χ0v) is 12.7. The van der Waals surface area contributed by atoms with Crippen LogP contribution in [0.4, 0.5) is 0 Å². The van der Waals surface area contributed by atoms with Gasteiger partial charge in [0.15, 0.2) is 0 Å². The summed E-state index contributed by atoms with van der Waals surface area (Å²) in [6, 6.07) is 10.9. The maximum absolute atomic E-state index is 11.9. The predicted octanol–water partition coefficient (Wildman–Crippen LogP) is 2.21. The Morgan fingerprint density at radius 2 is 1.95 bits per heavy atom. The van der Waals surface area contributed by atoms with Gasteiger partial charge in [0, 0.05) is 11.4 Å². The highest BCUT2D eigenvalue weighted by Gasteiger charge is 2.16. The molecule has 0 radical (unpaired) electrons. The maximum atomic E-state index is 11.9. The topological polar surface area (TPSA) is 66.4 Å². The summed E-state index contributed by atoms with van der Waals surface area (Å²) in [4.78, 5) is 0.799. The van der Waals surface area contributed by atoms with Crippen molar-refractivity contribution in [2.24, 2.45) is 0 Å². The zero-order chi connectivity index (χ0) is 14.6. The lowest BCUT2D eigenvalue weighted by atomic mass is 10.2. The predicted molar refractivity (Wildman–Crippen MR) is 81.1 cm³/mol. The molecule has 2 N–H and O–H groups in total. The molecule has 0 amide bonds. The molecule has 0 fully saturated rings. The first-order valence-corrected chi connectivity index (χ1v) is 8.74. The molecule has 0 bridgehead atoms. The molecule has 0 aliphatic rings. The summed E-state index contributed by atoms with van der Waals surface area (Å²) in [5.74, 6) is -0.0794. The average Bonchev–Trinajstić information content (AvgIpc) is 2.83. The third-order valence-electron chi connectivity index (χ3n) is 2.90. The number of aliphatic hydroxyl groups excluding tert-OH is 1. The van der Waals surface area contributed by atoms with Gasteiger partial charge in [-0.25, -0.2) is 13.1 Å². The van der Waals surface area contributed by atoms with Crippen LogP contribution in [0.25, 0.3) is 0 Å². The molecule has 6 heteroatoms. The molecule has 0 spiro atoms. The summed E-state index contributed by atoms with van der Waals surface area (Å²) in [6.07, 6.45) is -0.805. The minimum Gasteiger partial charge on any atom is -0.386 e. The number of hydrogen-bond donors (Lipinski definition) is 2. The number of aliphatic hydroxyl groups is 1. The van der Waals surface area contributed by atoms with Gasteiger partial charge in [-0.3, -0.25) is 0 Å². The molecule has 4 nitrogen and oxygen atoms in total. The van der Waals surface area contributed by atoms with Gasteiger partial charge < -0.3 is 5.11 Å². The average molecular weight is 311 g/mol. The van der Waals surface area contributed by atoms with E-state index in [2.05, 4.69) is 4.72 Å². The Hall–Kier alpha value is -1.21. The Bertz CT molecular complexity index is 650. The molecule has 1 aromatic heterocycles. The first-order chi connectivity index (χ1) is 9.48. The molecule has 1 atom stereocenters. The van der Waals surface area contributed by atoms with Crippen LogP contribution < -0.4 is 4.72 Å². The van der Waals surface area contributed by atoms with Gasteiger partial charge in [-0.1, -0.05) is 30.3 Å². The molecule has 20 heavy (non-hydrogen) atoms. The molecule has 0 saturated heterocycles. The number of nitrogens with one attached hydrogen (secondary N) is 1. The lowest BCUT2D eigenvalue weighted by Crippen LogP contribution is -2.29. The fourth-order valence-electron chi connectivity index (χ4n) is 1.87. The molecule has 108 valence electrons. The van der Waals surface area contributed by atoms with Gasteiger partial charge in [-0.2, -0.15) is 0 Å². The second kappa shape index (κ2) is 6.49. The fraction of sp³-hybridized carbons (Fsp3) is 0.286. The largest absolute Gasteiger partial charge is 0.386 e. The Balaban J connectivity index is 1.94. The van der Waals surface area contributed by atoms with E-state index in [0.717, 1.165) is 16.0 Å². The van der Waals surface area contributed by atoms with Crippen molar-refractivity contribution in [2.75, 3.05) is 6.54 Å². The summed E-state index contributed by atoms with van der Waals surface area (Å²) >= 11 is 1.43. The molecule has 0 aliphatic heterocycles. The molecule has 0 saturated carbocycles. The second-order valence-corrected chi connectivity index (χ2v) is 7.33. The van der Waals surface area contributed by atoms with E-state index in [-0.39, 0.29) is 12.3 Å². The first kappa shape index (κ1) is 15.2. The van der Waals surface area contributed by atoms with Crippen molar-refractivity contribution in [1.82, 2.24) is 4.72 Å². The standard InChI is InChI=1S/C14H17NO3S2/c1-11-7-8-19-14(11)13(16)9-15-20(17,18)10-12-5-3-2-4-6-12/h2-8,13,15-16H,9-10H2,1H3. The quantitative estimate of drug-likeness (QED) is 0.859. The first-order valence-electron chi connectivity index (χ1n) is 6.21. The summed E-state index contributed by atoms with van der Waals surface area (Å²) in [5, 5.41) is 11.9. The van der Waals surface area contributed by atoms with Crippen molar-refractivity contribution in [2.45, 2.75) is 18.8 Å². The lowest BCUT2D eigenvalue weighted by molar-refractivity contribution is 0.185. The Morgan fingerprint density at radius 3 is 2.55 bits per heavy atom. The molecular weight excluding hydrogens is 294 g/mol. The summed E-state index contributed by atoms with van der Waals surface area (Å²) in [6.45, 7) is 1.89. The van der Waals surface area contributed by atoms with Crippen LogP contribution in [0.3, 0.4) is 0 Å².